The monoisotopic (exact) mass is 248 g/mol. The lowest BCUT2D eigenvalue weighted by molar-refractivity contribution is -0.120. The first-order chi connectivity index (χ1) is 8.51. The van der Waals surface area contributed by atoms with Crippen molar-refractivity contribution in [2.75, 3.05) is 0 Å². The van der Waals surface area contributed by atoms with Crippen LogP contribution in [0, 0.1) is 23.1 Å². The van der Waals surface area contributed by atoms with E-state index in [0.717, 1.165) is 5.56 Å². The molecule has 0 aliphatic rings. The quantitative estimate of drug-likeness (QED) is 0.870. The van der Waals surface area contributed by atoms with E-state index in [0.29, 0.717) is 12.3 Å². The predicted octanol–water partition coefficient (Wildman–Crippen LogP) is 2.42. The van der Waals surface area contributed by atoms with Crippen molar-refractivity contribution < 1.29 is 9.18 Å². The molecule has 0 aromatic heterocycles. The molecule has 1 amide bonds. The van der Waals surface area contributed by atoms with Crippen LogP contribution in [0.3, 0.4) is 0 Å². The van der Waals surface area contributed by atoms with Crippen LogP contribution in [0.1, 0.15) is 25.8 Å². The smallest absolute Gasteiger partial charge is 0.225 e. The van der Waals surface area contributed by atoms with E-state index in [1.54, 1.807) is 12.1 Å². The zero-order valence-corrected chi connectivity index (χ0v) is 10.6. The number of carbonyl (C=O) groups is 1. The molecular formula is C14H17FN2O. The summed E-state index contributed by atoms with van der Waals surface area (Å²) in [4.78, 5) is 11.7. The van der Waals surface area contributed by atoms with Gasteiger partial charge in [-0.2, -0.15) is 5.26 Å². The Morgan fingerprint density at radius 2 is 2.00 bits per heavy atom. The molecule has 1 N–H and O–H groups in total. The van der Waals surface area contributed by atoms with Gasteiger partial charge in [0.25, 0.3) is 0 Å². The minimum atomic E-state index is -0.460. The molecule has 3 nitrogen and oxygen atoms in total. The van der Waals surface area contributed by atoms with Crippen LogP contribution in [0.4, 0.5) is 4.39 Å². The number of benzene rings is 1. The minimum absolute atomic E-state index is 0.163. The maximum atomic E-state index is 12.7. The Labute approximate surface area is 107 Å². The maximum Gasteiger partial charge on any atom is 0.225 e. The first-order valence-electron chi connectivity index (χ1n) is 5.94. The molecule has 0 spiro atoms. The highest BCUT2D eigenvalue weighted by atomic mass is 19.1. The Bertz CT molecular complexity index is 434. The summed E-state index contributed by atoms with van der Waals surface area (Å²) in [6.45, 7) is 3.99. The number of hydrogen-bond donors (Lipinski definition) is 1. The van der Waals surface area contributed by atoms with Crippen LogP contribution < -0.4 is 5.32 Å². The van der Waals surface area contributed by atoms with Gasteiger partial charge in [-0.25, -0.2) is 4.39 Å². The first-order valence-corrected chi connectivity index (χ1v) is 5.94. The summed E-state index contributed by atoms with van der Waals surface area (Å²) in [5.41, 5.74) is 0.732. The largest absolute Gasteiger partial charge is 0.340 e. The highest BCUT2D eigenvalue weighted by Crippen LogP contribution is 2.06. The van der Waals surface area contributed by atoms with Gasteiger partial charge in [0.2, 0.25) is 5.91 Å². The van der Waals surface area contributed by atoms with Gasteiger partial charge in [-0.05, 0) is 30.0 Å². The SMILES string of the molecule is CC(C)CC(C#N)NC(=O)Cc1ccc(F)cc1. The average molecular weight is 248 g/mol. The Morgan fingerprint density at radius 1 is 1.39 bits per heavy atom. The second-order valence-electron chi connectivity index (χ2n) is 4.68. The van der Waals surface area contributed by atoms with Crippen molar-refractivity contribution in [3.63, 3.8) is 0 Å². The van der Waals surface area contributed by atoms with Crippen molar-refractivity contribution in [1.29, 1.82) is 5.26 Å². The van der Waals surface area contributed by atoms with Gasteiger partial charge in [0.1, 0.15) is 11.9 Å². The number of nitrogens with zero attached hydrogens (tertiary/aromatic N) is 1. The third-order valence-electron chi connectivity index (χ3n) is 2.48. The van der Waals surface area contributed by atoms with Gasteiger partial charge < -0.3 is 5.32 Å². The van der Waals surface area contributed by atoms with Crippen LogP contribution >= 0.6 is 0 Å². The number of halogens is 1. The summed E-state index contributed by atoms with van der Waals surface area (Å²) in [5, 5.41) is 11.6. The Hall–Kier alpha value is -1.89. The van der Waals surface area contributed by atoms with E-state index in [4.69, 9.17) is 5.26 Å². The minimum Gasteiger partial charge on any atom is -0.340 e. The first kappa shape index (κ1) is 14.2. The molecule has 0 saturated heterocycles. The summed E-state index contributed by atoms with van der Waals surface area (Å²) in [6.07, 6.45) is 0.794. The van der Waals surface area contributed by atoms with E-state index in [2.05, 4.69) is 11.4 Å². The zero-order valence-electron chi connectivity index (χ0n) is 10.6. The number of carbonyl (C=O) groups excluding carboxylic acids is 1. The molecule has 0 aliphatic heterocycles. The zero-order chi connectivity index (χ0) is 13.5. The van der Waals surface area contributed by atoms with Crippen molar-refractivity contribution in [2.24, 2.45) is 5.92 Å². The van der Waals surface area contributed by atoms with Gasteiger partial charge in [0.15, 0.2) is 0 Å². The second kappa shape index (κ2) is 6.75. The summed E-state index contributed by atoms with van der Waals surface area (Å²) in [6, 6.07) is 7.38. The van der Waals surface area contributed by atoms with Crippen LogP contribution in [0.5, 0.6) is 0 Å². The lowest BCUT2D eigenvalue weighted by Crippen LogP contribution is -2.35. The van der Waals surface area contributed by atoms with Crippen LogP contribution in [0.2, 0.25) is 0 Å². The molecule has 1 aromatic rings. The topological polar surface area (TPSA) is 52.9 Å². The molecule has 0 radical (unpaired) electrons. The Balaban J connectivity index is 2.50. The standard InChI is InChI=1S/C14H17FN2O/c1-10(2)7-13(9-16)17-14(18)8-11-3-5-12(15)6-4-11/h3-6,10,13H,7-8H2,1-2H3,(H,17,18). The summed E-state index contributed by atoms with van der Waals surface area (Å²) in [7, 11) is 0. The third kappa shape index (κ3) is 4.96. The van der Waals surface area contributed by atoms with Crippen molar-refractivity contribution >= 4 is 5.91 Å². The van der Waals surface area contributed by atoms with Crippen molar-refractivity contribution in [2.45, 2.75) is 32.7 Å². The average Bonchev–Trinajstić information content (AvgIpc) is 2.30. The second-order valence-corrected chi connectivity index (χ2v) is 4.68. The van der Waals surface area contributed by atoms with Crippen molar-refractivity contribution in [1.82, 2.24) is 5.32 Å². The molecule has 0 saturated carbocycles. The summed E-state index contributed by atoms with van der Waals surface area (Å²) in [5.74, 6) is -0.191. The van der Waals surface area contributed by atoms with E-state index < -0.39 is 6.04 Å². The van der Waals surface area contributed by atoms with Crippen LogP contribution in [0.15, 0.2) is 24.3 Å². The van der Waals surface area contributed by atoms with Gasteiger partial charge in [-0.1, -0.05) is 26.0 Å². The molecule has 0 bridgehead atoms. The Kier molecular flexibility index (Phi) is 5.31. The van der Waals surface area contributed by atoms with E-state index in [9.17, 15) is 9.18 Å². The molecule has 1 rings (SSSR count). The maximum absolute atomic E-state index is 12.7. The molecule has 0 fully saturated rings. The lowest BCUT2D eigenvalue weighted by atomic mass is 10.0. The lowest BCUT2D eigenvalue weighted by Gasteiger charge is -2.13. The number of nitriles is 1. The Morgan fingerprint density at radius 3 is 2.50 bits per heavy atom. The third-order valence-corrected chi connectivity index (χ3v) is 2.48. The number of amides is 1. The van der Waals surface area contributed by atoms with Gasteiger partial charge in [0, 0.05) is 0 Å². The molecule has 4 heteroatoms. The van der Waals surface area contributed by atoms with Crippen LogP contribution in [0.25, 0.3) is 0 Å². The highest BCUT2D eigenvalue weighted by Gasteiger charge is 2.13. The number of hydrogen-bond acceptors (Lipinski definition) is 2. The molecule has 1 atom stereocenters. The molecule has 1 aromatic carbocycles. The predicted molar refractivity (Wildman–Crippen MR) is 67.1 cm³/mol. The molecule has 18 heavy (non-hydrogen) atoms. The van der Waals surface area contributed by atoms with E-state index in [1.165, 1.54) is 12.1 Å². The van der Waals surface area contributed by atoms with Gasteiger partial charge >= 0.3 is 0 Å². The molecule has 0 aliphatic carbocycles. The van der Waals surface area contributed by atoms with E-state index in [-0.39, 0.29) is 18.1 Å². The van der Waals surface area contributed by atoms with Crippen molar-refractivity contribution in [3.05, 3.63) is 35.6 Å². The highest BCUT2D eigenvalue weighted by molar-refractivity contribution is 5.79. The van der Waals surface area contributed by atoms with E-state index in [1.807, 2.05) is 13.8 Å². The van der Waals surface area contributed by atoms with Gasteiger partial charge in [0.05, 0.1) is 12.5 Å². The number of rotatable bonds is 5. The summed E-state index contributed by atoms with van der Waals surface area (Å²) < 4.78 is 12.7. The fourth-order valence-electron chi connectivity index (χ4n) is 1.65. The normalized spacial score (nSPS) is 11.9. The number of nitrogens with one attached hydrogen (secondary N) is 1. The van der Waals surface area contributed by atoms with E-state index >= 15 is 0 Å². The fraction of sp³-hybridized carbons (Fsp3) is 0.429. The summed E-state index contributed by atoms with van der Waals surface area (Å²) >= 11 is 0. The van der Waals surface area contributed by atoms with Gasteiger partial charge in [-0.3, -0.25) is 4.79 Å². The molecule has 1 unspecified atom stereocenters. The van der Waals surface area contributed by atoms with Crippen LogP contribution in [-0.4, -0.2) is 11.9 Å². The van der Waals surface area contributed by atoms with Crippen molar-refractivity contribution in [3.8, 4) is 6.07 Å². The molecule has 96 valence electrons. The molecule has 0 heterocycles. The fourth-order valence-corrected chi connectivity index (χ4v) is 1.65. The molecular weight excluding hydrogens is 231 g/mol. The van der Waals surface area contributed by atoms with Gasteiger partial charge in [-0.15, -0.1) is 0 Å². The van der Waals surface area contributed by atoms with Crippen LogP contribution in [-0.2, 0) is 11.2 Å².